The van der Waals surface area contributed by atoms with Crippen molar-refractivity contribution in [3.63, 3.8) is 0 Å². The molecule has 0 aromatic carbocycles. The normalized spacial score (nSPS) is 34.1. The lowest BCUT2D eigenvalue weighted by atomic mass is 9.67. The fourth-order valence-electron chi connectivity index (χ4n) is 4.62. The second kappa shape index (κ2) is 5.71. The number of piperidine rings is 1. The van der Waals surface area contributed by atoms with Crippen LogP contribution in [0.1, 0.15) is 52.9 Å². The van der Waals surface area contributed by atoms with E-state index in [9.17, 15) is 0 Å². The van der Waals surface area contributed by atoms with E-state index in [-0.39, 0.29) is 0 Å². The zero-order chi connectivity index (χ0) is 12.3. The van der Waals surface area contributed by atoms with Gasteiger partial charge in [-0.05, 0) is 70.1 Å². The minimum Gasteiger partial charge on any atom is -0.316 e. The van der Waals surface area contributed by atoms with Crippen molar-refractivity contribution in [2.24, 2.45) is 11.8 Å². The first kappa shape index (κ1) is 13.4. The Bertz CT molecular complexity index is 229. The summed E-state index contributed by atoms with van der Waals surface area (Å²) in [6.45, 7) is 12.2. The molecular formula is C15H30N2. The second-order valence-corrected chi connectivity index (χ2v) is 5.89. The van der Waals surface area contributed by atoms with Gasteiger partial charge in [0.2, 0.25) is 0 Å². The van der Waals surface area contributed by atoms with Crippen molar-refractivity contribution in [1.82, 2.24) is 10.2 Å². The minimum absolute atomic E-state index is 0.504. The van der Waals surface area contributed by atoms with Crippen LogP contribution < -0.4 is 5.32 Å². The molecule has 0 radical (unpaired) electrons. The van der Waals surface area contributed by atoms with Gasteiger partial charge in [-0.15, -0.1) is 0 Å². The summed E-state index contributed by atoms with van der Waals surface area (Å²) in [7, 11) is 0. The molecule has 2 saturated heterocycles. The zero-order valence-corrected chi connectivity index (χ0v) is 12.0. The van der Waals surface area contributed by atoms with Crippen LogP contribution >= 0.6 is 0 Å². The largest absolute Gasteiger partial charge is 0.316 e. The molecule has 2 aliphatic heterocycles. The molecule has 2 nitrogen and oxygen atoms in total. The van der Waals surface area contributed by atoms with Crippen LogP contribution in [0.2, 0.25) is 0 Å². The van der Waals surface area contributed by atoms with Crippen LogP contribution in [0, 0.1) is 11.8 Å². The summed E-state index contributed by atoms with van der Waals surface area (Å²) in [4.78, 5) is 2.79. The van der Waals surface area contributed by atoms with Crippen molar-refractivity contribution in [1.29, 1.82) is 0 Å². The van der Waals surface area contributed by atoms with Crippen LogP contribution in [0.3, 0.4) is 0 Å². The van der Waals surface area contributed by atoms with E-state index in [2.05, 4.69) is 31.0 Å². The van der Waals surface area contributed by atoms with Gasteiger partial charge < -0.3 is 5.32 Å². The summed E-state index contributed by atoms with van der Waals surface area (Å²) >= 11 is 0. The van der Waals surface area contributed by atoms with Crippen molar-refractivity contribution in [2.45, 2.75) is 58.4 Å². The molecule has 2 aliphatic rings. The Morgan fingerprint density at radius 3 is 2.47 bits per heavy atom. The number of nitrogens with one attached hydrogen (secondary N) is 1. The number of likely N-dealkylation sites (tertiary alicyclic amines) is 1. The van der Waals surface area contributed by atoms with E-state index in [4.69, 9.17) is 0 Å². The summed E-state index contributed by atoms with van der Waals surface area (Å²) in [5.74, 6) is 1.87. The van der Waals surface area contributed by atoms with E-state index in [1.54, 1.807) is 0 Å². The third-order valence-electron chi connectivity index (χ3n) is 5.54. The Hall–Kier alpha value is -0.0800. The quantitative estimate of drug-likeness (QED) is 0.810. The van der Waals surface area contributed by atoms with Crippen LogP contribution in [-0.2, 0) is 0 Å². The van der Waals surface area contributed by atoms with E-state index >= 15 is 0 Å². The Labute approximate surface area is 107 Å². The lowest BCUT2D eigenvalue weighted by molar-refractivity contribution is -0.0317. The van der Waals surface area contributed by atoms with Crippen LogP contribution in [-0.4, -0.2) is 36.6 Å². The molecule has 2 fully saturated rings. The van der Waals surface area contributed by atoms with Crippen LogP contribution in [0.4, 0.5) is 0 Å². The number of hydrogen-bond acceptors (Lipinski definition) is 2. The van der Waals surface area contributed by atoms with Gasteiger partial charge in [0.1, 0.15) is 0 Å². The van der Waals surface area contributed by atoms with Crippen LogP contribution in [0.5, 0.6) is 0 Å². The van der Waals surface area contributed by atoms with Gasteiger partial charge >= 0.3 is 0 Å². The molecule has 2 unspecified atom stereocenters. The molecule has 0 aliphatic carbocycles. The smallest absolute Gasteiger partial charge is 0.0235 e. The molecule has 2 heteroatoms. The molecular weight excluding hydrogens is 208 g/mol. The maximum absolute atomic E-state index is 3.57. The van der Waals surface area contributed by atoms with Crippen molar-refractivity contribution >= 4 is 0 Å². The Kier molecular flexibility index (Phi) is 4.48. The zero-order valence-electron chi connectivity index (χ0n) is 12.0. The summed E-state index contributed by atoms with van der Waals surface area (Å²) in [6.07, 6.45) is 6.95. The molecule has 0 amide bonds. The van der Waals surface area contributed by atoms with Gasteiger partial charge in [0, 0.05) is 5.54 Å². The van der Waals surface area contributed by atoms with Gasteiger partial charge in [0.25, 0.3) is 0 Å². The highest BCUT2D eigenvalue weighted by atomic mass is 15.2. The van der Waals surface area contributed by atoms with Crippen molar-refractivity contribution in [2.75, 3.05) is 26.2 Å². The van der Waals surface area contributed by atoms with E-state index in [1.165, 1.54) is 58.3 Å². The summed E-state index contributed by atoms with van der Waals surface area (Å²) in [6, 6.07) is 0. The predicted molar refractivity (Wildman–Crippen MR) is 74.3 cm³/mol. The molecule has 100 valence electrons. The highest BCUT2D eigenvalue weighted by molar-refractivity contribution is 5.01. The average Bonchev–Trinajstić information content (AvgIpc) is 2.91. The SMILES string of the molecule is CCN1CCCC(C2CCNC2)C1(CC)CC. The first-order valence-electron chi connectivity index (χ1n) is 7.74. The van der Waals surface area contributed by atoms with Crippen molar-refractivity contribution < 1.29 is 0 Å². The van der Waals surface area contributed by atoms with Gasteiger partial charge in [-0.2, -0.15) is 0 Å². The Morgan fingerprint density at radius 2 is 1.94 bits per heavy atom. The third kappa shape index (κ3) is 2.26. The first-order chi connectivity index (χ1) is 8.28. The fraction of sp³-hybridized carbons (Fsp3) is 1.00. The lowest BCUT2D eigenvalue weighted by Crippen LogP contribution is -2.58. The summed E-state index contributed by atoms with van der Waals surface area (Å²) in [5, 5.41) is 3.57. The molecule has 2 rings (SSSR count). The molecule has 17 heavy (non-hydrogen) atoms. The third-order valence-corrected chi connectivity index (χ3v) is 5.54. The molecule has 2 atom stereocenters. The molecule has 1 N–H and O–H groups in total. The minimum atomic E-state index is 0.504. The van der Waals surface area contributed by atoms with Gasteiger partial charge in [-0.25, -0.2) is 0 Å². The topological polar surface area (TPSA) is 15.3 Å². The van der Waals surface area contributed by atoms with Gasteiger partial charge in [0.05, 0.1) is 0 Å². The lowest BCUT2D eigenvalue weighted by Gasteiger charge is -2.53. The molecule has 0 aromatic heterocycles. The van der Waals surface area contributed by atoms with E-state index < -0.39 is 0 Å². The molecule has 2 heterocycles. The maximum Gasteiger partial charge on any atom is 0.0235 e. The number of rotatable bonds is 4. The van der Waals surface area contributed by atoms with Gasteiger partial charge in [0.15, 0.2) is 0 Å². The van der Waals surface area contributed by atoms with E-state index in [0.29, 0.717) is 5.54 Å². The fourth-order valence-corrected chi connectivity index (χ4v) is 4.62. The average molecular weight is 238 g/mol. The van der Waals surface area contributed by atoms with E-state index in [1.807, 2.05) is 0 Å². The standard InChI is InChI=1S/C15H30N2/c1-4-15(5-2)14(13-9-10-16-12-13)8-7-11-17(15)6-3/h13-14,16H,4-12H2,1-3H3. The molecule has 0 bridgehead atoms. The Morgan fingerprint density at radius 1 is 1.18 bits per heavy atom. The van der Waals surface area contributed by atoms with Crippen molar-refractivity contribution in [3.8, 4) is 0 Å². The monoisotopic (exact) mass is 238 g/mol. The molecule has 0 aromatic rings. The summed E-state index contributed by atoms with van der Waals surface area (Å²) in [5.41, 5.74) is 0.504. The van der Waals surface area contributed by atoms with Crippen LogP contribution in [0.15, 0.2) is 0 Å². The highest BCUT2D eigenvalue weighted by Crippen LogP contribution is 2.44. The van der Waals surface area contributed by atoms with Gasteiger partial charge in [-0.3, -0.25) is 4.90 Å². The number of nitrogens with zero attached hydrogens (tertiary/aromatic N) is 1. The first-order valence-corrected chi connectivity index (χ1v) is 7.74. The maximum atomic E-state index is 3.57. The van der Waals surface area contributed by atoms with Crippen molar-refractivity contribution in [3.05, 3.63) is 0 Å². The summed E-state index contributed by atoms with van der Waals surface area (Å²) < 4.78 is 0. The number of hydrogen-bond donors (Lipinski definition) is 1. The Balaban J connectivity index is 2.20. The highest BCUT2D eigenvalue weighted by Gasteiger charge is 2.46. The molecule has 0 spiro atoms. The predicted octanol–water partition coefficient (Wildman–Crippen LogP) is 2.89. The second-order valence-electron chi connectivity index (χ2n) is 5.89. The molecule has 0 saturated carbocycles. The van der Waals surface area contributed by atoms with E-state index in [0.717, 1.165) is 11.8 Å². The van der Waals surface area contributed by atoms with Gasteiger partial charge in [-0.1, -0.05) is 20.8 Å². The van der Waals surface area contributed by atoms with Crippen LogP contribution in [0.25, 0.3) is 0 Å².